The van der Waals surface area contributed by atoms with E-state index in [1.165, 1.54) is 26.9 Å². The summed E-state index contributed by atoms with van der Waals surface area (Å²) in [5.41, 5.74) is 26.4. The van der Waals surface area contributed by atoms with E-state index in [1.807, 2.05) is 243 Å². The van der Waals surface area contributed by atoms with E-state index in [1.54, 1.807) is 11.3 Å². The molecule has 0 fully saturated rings. The van der Waals surface area contributed by atoms with Crippen molar-refractivity contribution in [3.05, 3.63) is 497 Å². The third kappa shape index (κ3) is 15.8. The lowest BCUT2D eigenvalue weighted by atomic mass is 10.0. The third-order valence-electron chi connectivity index (χ3n) is 27.3. The number of hydrogen-bond acceptors (Lipinski definition) is 13. The van der Waals surface area contributed by atoms with Crippen LogP contribution in [-0.2, 0) is 0 Å². The quantitative estimate of drug-likeness (QED) is 0.0796. The van der Waals surface area contributed by atoms with Gasteiger partial charge in [-0.15, -0.1) is 11.3 Å². The SMILES string of the molecule is c1ccc(-c2nc(-c3ccccc3)nc(-c3cccc(-c4ccccc4-n4c5ccccc5c5c4ccc4c6ccccc6n(-c6ccc(-c7nc(-c8ccccc8)nc(-c8ccccc8)n7)s6)c45)c3)n2)cc1.c1ccc(-c2nc(-c3ccccc3)nc(-c3cccc(-c4ccccc4-n4c5ccccc5c5c4ccc4c6ccccc6n(-c6cccc(-c7nc(-c8ccccc8)nc(-c8ccccc8)n7)c6)c45)c3)n2)cc1. The number of para-hydroxylation sites is 6. The van der Waals surface area contributed by atoms with Gasteiger partial charge in [0.05, 0.1) is 60.4 Å². The van der Waals surface area contributed by atoms with E-state index in [-0.39, 0.29) is 0 Å². The van der Waals surface area contributed by atoms with Crippen molar-refractivity contribution in [2.45, 2.75) is 0 Å². The van der Waals surface area contributed by atoms with E-state index < -0.39 is 0 Å². The van der Waals surface area contributed by atoms with Crippen LogP contribution < -0.4 is 0 Å². The van der Waals surface area contributed by atoms with Crippen LogP contribution in [0.5, 0.6) is 0 Å². The van der Waals surface area contributed by atoms with Crippen molar-refractivity contribution in [1.82, 2.24) is 78.1 Å². The summed E-state index contributed by atoms with van der Waals surface area (Å²) in [6, 6.07) is 173. The fourth-order valence-corrected chi connectivity index (χ4v) is 21.6. The van der Waals surface area contributed by atoms with Crippen molar-refractivity contribution < 1.29 is 0 Å². The van der Waals surface area contributed by atoms with Crippen LogP contribution in [0.1, 0.15) is 0 Å². The van der Waals surface area contributed by atoms with Gasteiger partial charge < -0.3 is 13.7 Å². The van der Waals surface area contributed by atoms with Crippen molar-refractivity contribution in [1.29, 1.82) is 0 Å². The Hall–Kier alpha value is -19.9. The van der Waals surface area contributed by atoms with Crippen LogP contribution in [0.3, 0.4) is 0 Å². The first-order chi connectivity index (χ1) is 72.9. The summed E-state index contributed by atoms with van der Waals surface area (Å²) in [5, 5.41) is 10.4. The van der Waals surface area contributed by atoms with Gasteiger partial charge in [-0.3, -0.25) is 4.57 Å². The molecule has 0 aliphatic rings. The normalized spacial score (nSPS) is 11.5. The average Bonchev–Trinajstić information content (AvgIpc) is 1.54. The number of rotatable bonds is 18. The van der Waals surface area contributed by atoms with Gasteiger partial charge in [0.15, 0.2) is 69.9 Å². The van der Waals surface area contributed by atoms with Crippen LogP contribution in [0.4, 0.5) is 0 Å². The molecule has 147 heavy (non-hydrogen) atoms. The van der Waals surface area contributed by atoms with Gasteiger partial charge in [-0.25, -0.2) is 59.8 Å². The molecule has 0 atom stereocenters. The number of fused-ring (bicyclic) bond motifs is 14. The molecule has 0 radical (unpaired) electrons. The lowest BCUT2D eigenvalue weighted by molar-refractivity contribution is 1.07. The van der Waals surface area contributed by atoms with Crippen LogP contribution >= 0.6 is 11.3 Å². The third-order valence-corrected chi connectivity index (χ3v) is 28.4. The van der Waals surface area contributed by atoms with Gasteiger partial charge in [0, 0.05) is 121 Å². The Balaban J connectivity index is 0.000000145. The molecule has 0 bridgehead atoms. The number of aromatic nitrogens is 16. The molecule has 688 valence electrons. The summed E-state index contributed by atoms with van der Waals surface area (Å²) in [6.45, 7) is 0. The molecule has 28 aromatic rings. The Bertz CT molecular complexity index is 9700. The van der Waals surface area contributed by atoms with Crippen molar-refractivity contribution in [2.24, 2.45) is 0 Å². The van der Waals surface area contributed by atoms with Gasteiger partial charge in [-0.1, -0.05) is 413 Å². The molecule has 0 unspecified atom stereocenters. The van der Waals surface area contributed by atoms with E-state index >= 15 is 0 Å². The Morgan fingerprint density at radius 1 is 0.150 bits per heavy atom. The standard InChI is InChI=1S/C66H42N8.C64H40N8S/c1-5-21-43(22-6-1)61-67-62(44-23-7-2-8-24-44)70-65(69-61)48-30-19-29-47(41-48)51-33-13-16-36-55(51)74-57-38-18-15-35-54(57)59-58(74)40-39-53-52-34-14-17-37-56(52)73(60(53)59)50-32-20-31-49(42-50)66-71-63(45-25-9-3-10-26-45)68-64(72-66)46-27-11-4-12-28-46;1-5-20-41(21-6-1)59-65-60(42-22-7-2-8-23-42)68-63(67-59)46-29-19-28-45(40-46)47-30-13-16-33-51(47)71-53-35-18-15-32-50(53)57-54(71)37-36-49-48-31-14-17-34-52(48)72(58(49)57)56-39-38-55(73-56)64-69-61(43-24-9-3-10-25-43)66-62(70-64)44-26-11-4-12-27-44/h1-42H;1-40H. The zero-order chi connectivity index (χ0) is 97.2. The minimum atomic E-state index is 0.603. The molecule has 17 heteroatoms. The van der Waals surface area contributed by atoms with Gasteiger partial charge in [0.25, 0.3) is 0 Å². The van der Waals surface area contributed by atoms with Crippen LogP contribution in [0.15, 0.2) is 497 Å². The molecule has 0 amide bonds. The minimum Gasteiger partial charge on any atom is -0.309 e. The number of hydrogen-bond donors (Lipinski definition) is 0. The van der Waals surface area contributed by atoms with Gasteiger partial charge in [0.2, 0.25) is 0 Å². The monoisotopic (exact) mass is 1900 g/mol. The fourth-order valence-electron chi connectivity index (χ4n) is 20.6. The number of benzene rings is 19. The lowest BCUT2D eigenvalue weighted by Crippen LogP contribution is -2.01. The van der Waals surface area contributed by atoms with Crippen molar-refractivity contribution in [3.8, 4) is 180 Å². The molecule has 0 aliphatic heterocycles. The molecule has 19 aromatic carbocycles. The summed E-state index contributed by atoms with van der Waals surface area (Å²) in [6.07, 6.45) is 0. The molecule has 0 saturated carbocycles. The Kier molecular flexibility index (Phi) is 21.7. The Labute approximate surface area is 848 Å². The Morgan fingerprint density at radius 2 is 0.401 bits per heavy atom. The Morgan fingerprint density at radius 3 is 0.748 bits per heavy atom. The number of thiophene rings is 1. The molecule has 9 heterocycles. The topological polar surface area (TPSA) is 174 Å². The molecule has 0 saturated heterocycles. The average molecular weight is 1900 g/mol. The fraction of sp³-hybridized carbons (Fsp3) is 0. The molecular formula is C130H82N16S. The second-order valence-corrected chi connectivity index (χ2v) is 37.2. The lowest BCUT2D eigenvalue weighted by Gasteiger charge is -2.15. The van der Waals surface area contributed by atoms with Crippen molar-refractivity contribution in [2.75, 3.05) is 0 Å². The van der Waals surface area contributed by atoms with E-state index in [2.05, 4.69) is 273 Å². The first kappa shape index (κ1) is 86.2. The molecule has 28 rings (SSSR count). The van der Waals surface area contributed by atoms with Crippen LogP contribution in [-0.4, -0.2) is 78.1 Å². The summed E-state index contributed by atoms with van der Waals surface area (Å²) in [5.74, 6) is 7.49. The van der Waals surface area contributed by atoms with Crippen LogP contribution in [0.25, 0.3) is 268 Å². The summed E-state index contributed by atoms with van der Waals surface area (Å²) >= 11 is 1.69. The maximum Gasteiger partial charge on any atom is 0.174 e. The zero-order valence-electron chi connectivity index (χ0n) is 78.9. The summed E-state index contributed by atoms with van der Waals surface area (Å²) in [4.78, 5) is 61.6. The highest BCUT2D eigenvalue weighted by molar-refractivity contribution is 7.18. The molecule has 0 N–H and O–H groups in total. The zero-order valence-corrected chi connectivity index (χ0v) is 79.7. The van der Waals surface area contributed by atoms with E-state index in [4.69, 9.17) is 59.8 Å². The highest BCUT2D eigenvalue weighted by Gasteiger charge is 2.29. The highest BCUT2D eigenvalue weighted by Crippen LogP contribution is 2.49. The second kappa shape index (κ2) is 37.0. The maximum absolute atomic E-state index is 5.12. The molecular weight excluding hydrogens is 1820 g/mol. The minimum absolute atomic E-state index is 0.603. The first-order valence-corrected chi connectivity index (χ1v) is 49.7. The second-order valence-electron chi connectivity index (χ2n) is 36.2. The summed E-state index contributed by atoms with van der Waals surface area (Å²) in [7, 11) is 0. The van der Waals surface area contributed by atoms with Gasteiger partial charge in [-0.05, 0) is 96.1 Å². The van der Waals surface area contributed by atoms with Gasteiger partial charge in [-0.2, -0.15) is 0 Å². The van der Waals surface area contributed by atoms with E-state index in [0.717, 1.165) is 171 Å². The van der Waals surface area contributed by atoms with E-state index in [9.17, 15) is 0 Å². The van der Waals surface area contributed by atoms with Crippen molar-refractivity contribution >= 4 is 98.6 Å². The molecule has 0 aliphatic carbocycles. The molecule has 16 nitrogen and oxygen atoms in total. The predicted molar refractivity (Wildman–Crippen MR) is 598 cm³/mol. The van der Waals surface area contributed by atoms with Crippen LogP contribution in [0.2, 0.25) is 0 Å². The predicted octanol–water partition coefficient (Wildman–Crippen LogP) is 31.9. The largest absolute Gasteiger partial charge is 0.309 e. The van der Waals surface area contributed by atoms with Gasteiger partial charge >= 0.3 is 0 Å². The van der Waals surface area contributed by atoms with Gasteiger partial charge in [0.1, 0.15) is 5.00 Å². The molecule has 9 aromatic heterocycles. The highest BCUT2D eigenvalue weighted by atomic mass is 32.1. The van der Waals surface area contributed by atoms with Crippen molar-refractivity contribution in [3.63, 3.8) is 0 Å². The molecule has 0 spiro atoms. The summed E-state index contributed by atoms with van der Waals surface area (Å²) < 4.78 is 9.71. The van der Waals surface area contributed by atoms with E-state index in [0.29, 0.717) is 69.9 Å². The maximum atomic E-state index is 5.12. The smallest absolute Gasteiger partial charge is 0.174 e. The number of nitrogens with zero attached hydrogens (tertiary/aromatic N) is 16. The first-order valence-electron chi connectivity index (χ1n) is 48.9. The van der Waals surface area contributed by atoms with Crippen LogP contribution in [0, 0.1) is 0 Å².